The van der Waals surface area contributed by atoms with Crippen LogP contribution >= 0.6 is 12.4 Å². The Kier molecular flexibility index (Phi) is 5.79. The second-order valence-corrected chi connectivity index (χ2v) is 9.01. The van der Waals surface area contributed by atoms with Gasteiger partial charge in [0.05, 0.1) is 15.5 Å². The van der Waals surface area contributed by atoms with Crippen molar-refractivity contribution in [3.63, 3.8) is 0 Å². The summed E-state index contributed by atoms with van der Waals surface area (Å²) in [6.07, 6.45) is 0.617. The van der Waals surface area contributed by atoms with Crippen molar-refractivity contribution in [2.45, 2.75) is 29.2 Å². The van der Waals surface area contributed by atoms with Crippen LogP contribution in [0.5, 0.6) is 0 Å². The van der Waals surface area contributed by atoms with Crippen LogP contribution in [0.2, 0.25) is 0 Å². The maximum atomic E-state index is 12.4. The predicted octanol–water partition coefficient (Wildman–Crippen LogP) is 0.624. The standard InChI is InChI=1S/C12H18N2O4S2.ClH/c1-2-19(15,16)11-4-3-5-12(8-11)20(17,18)14-7-6-10(13)9-14;/h3-5,8,10H,2,6-7,9,13H2,1H3;1H/t10-;/m1./s1. The van der Waals surface area contributed by atoms with Crippen LogP contribution in [-0.4, -0.2) is 46.0 Å². The minimum atomic E-state index is -3.67. The van der Waals surface area contributed by atoms with Gasteiger partial charge in [0.2, 0.25) is 10.0 Å². The number of halogens is 1. The van der Waals surface area contributed by atoms with E-state index >= 15 is 0 Å². The molecular weight excluding hydrogens is 336 g/mol. The first-order valence-corrected chi connectivity index (χ1v) is 9.45. The predicted molar refractivity (Wildman–Crippen MR) is 82.8 cm³/mol. The van der Waals surface area contributed by atoms with Crippen LogP contribution in [0.4, 0.5) is 0 Å². The summed E-state index contributed by atoms with van der Waals surface area (Å²) >= 11 is 0. The molecule has 21 heavy (non-hydrogen) atoms. The molecule has 0 aromatic heterocycles. The molecule has 1 heterocycles. The molecule has 0 bridgehead atoms. The number of benzene rings is 1. The second kappa shape index (κ2) is 6.62. The Bertz CT molecular complexity index is 704. The summed E-state index contributed by atoms with van der Waals surface area (Å²) in [5, 5.41) is 0. The zero-order valence-corrected chi connectivity index (χ0v) is 14.0. The highest BCUT2D eigenvalue weighted by Crippen LogP contribution is 2.23. The fraction of sp³-hybridized carbons (Fsp3) is 0.500. The van der Waals surface area contributed by atoms with E-state index in [4.69, 9.17) is 5.73 Å². The summed E-state index contributed by atoms with van der Waals surface area (Å²) in [5.41, 5.74) is 5.72. The number of hydrogen-bond acceptors (Lipinski definition) is 5. The molecule has 120 valence electrons. The van der Waals surface area contributed by atoms with Crippen molar-refractivity contribution in [3.8, 4) is 0 Å². The monoisotopic (exact) mass is 354 g/mol. The lowest BCUT2D eigenvalue weighted by atomic mass is 10.3. The van der Waals surface area contributed by atoms with E-state index < -0.39 is 19.9 Å². The topological polar surface area (TPSA) is 97.5 Å². The van der Waals surface area contributed by atoms with Crippen molar-refractivity contribution >= 4 is 32.3 Å². The molecule has 1 aliphatic heterocycles. The molecule has 1 fully saturated rings. The summed E-state index contributed by atoms with van der Waals surface area (Å²) in [6.45, 7) is 2.16. The lowest BCUT2D eigenvalue weighted by molar-refractivity contribution is 0.472. The Hall–Kier alpha value is -0.670. The van der Waals surface area contributed by atoms with E-state index in [2.05, 4.69) is 0 Å². The van der Waals surface area contributed by atoms with Crippen LogP contribution in [0.1, 0.15) is 13.3 Å². The maximum Gasteiger partial charge on any atom is 0.243 e. The summed E-state index contributed by atoms with van der Waals surface area (Å²) in [4.78, 5) is 0.0331. The number of rotatable bonds is 4. The Labute approximate surface area is 131 Å². The first-order valence-electron chi connectivity index (χ1n) is 6.36. The molecule has 1 aromatic rings. The van der Waals surface area contributed by atoms with Crippen LogP contribution in [0.3, 0.4) is 0 Å². The first-order chi connectivity index (χ1) is 9.27. The SMILES string of the molecule is CCS(=O)(=O)c1cccc(S(=O)(=O)N2CC[C@@H](N)C2)c1.Cl. The molecule has 0 amide bonds. The van der Waals surface area contributed by atoms with Gasteiger partial charge < -0.3 is 5.73 Å². The van der Waals surface area contributed by atoms with Gasteiger partial charge in [-0.1, -0.05) is 13.0 Å². The minimum Gasteiger partial charge on any atom is -0.326 e. The lowest BCUT2D eigenvalue weighted by Gasteiger charge is -2.16. The summed E-state index contributed by atoms with van der Waals surface area (Å²) in [6, 6.07) is 5.33. The Morgan fingerprint density at radius 3 is 2.38 bits per heavy atom. The number of nitrogens with zero attached hydrogens (tertiary/aromatic N) is 1. The quantitative estimate of drug-likeness (QED) is 0.854. The van der Waals surface area contributed by atoms with E-state index in [1.54, 1.807) is 0 Å². The van der Waals surface area contributed by atoms with Crippen LogP contribution in [-0.2, 0) is 19.9 Å². The average molecular weight is 355 g/mol. The average Bonchev–Trinajstić information content (AvgIpc) is 2.86. The highest BCUT2D eigenvalue weighted by molar-refractivity contribution is 7.91. The fourth-order valence-electron chi connectivity index (χ4n) is 2.12. The molecule has 0 radical (unpaired) electrons. The van der Waals surface area contributed by atoms with Crippen LogP contribution in [0.25, 0.3) is 0 Å². The van der Waals surface area contributed by atoms with Crippen molar-refractivity contribution < 1.29 is 16.8 Å². The van der Waals surface area contributed by atoms with Crippen molar-refractivity contribution in [2.24, 2.45) is 5.73 Å². The molecular formula is C12H19ClN2O4S2. The van der Waals surface area contributed by atoms with Crippen molar-refractivity contribution in [1.29, 1.82) is 0 Å². The van der Waals surface area contributed by atoms with Gasteiger partial charge in [0, 0.05) is 19.1 Å². The highest BCUT2D eigenvalue weighted by Gasteiger charge is 2.31. The third-order valence-corrected chi connectivity index (χ3v) is 6.96. The van der Waals surface area contributed by atoms with Gasteiger partial charge in [-0.2, -0.15) is 4.31 Å². The van der Waals surface area contributed by atoms with E-state index in [0.717, 1.165) is 0 Å². The van der Waals surface area contributed by atoms with Crippen molar-refractivity contribution in [2.75, 3.05) is 18.8 Å². The van der Waals surface area contributed by atoms with Crippen molar-refractivity contribution in [1.82, 2.24) is 4.31 Å². The number of sulfone groups is 1. The van der Waals surface area contributed by atoms with Gasteiger partial charge in [-0.05, 0) is 24.6 Å². The molecule has 1 saturated heterocycles. The van der Waals surface area contributed by atoms with Crippen LogP contribution in [0.15, 0.2) is 34.1 Å². The van der Waals surface area contributed by atoms with Gasteiger partial charge in [0.25, 0.3) is 0 Å². The zero-order chi connectivity index (χ0) is 15.0. The Balaban J connectivity index is 0.00000220. The third kappa shape index (κ3) is 3.75. The van der Waals surface area contributed by atoms with E-state index in [9.17, 15) is 16.8 Å². The van der Waals surface area contributed by atoms with Crippen LogP contribution < -0.4 is 5.73 Å². The molecule has 0 unspecified atom stereocenters. The molecule has 1 aliphatic rings. The van der Waals surface area contributed by atoms with Gasteiger partial charge in [0.15, 0.2) is 9.84 Å². The summed E-state index contributed by atoms with van der Waals surface area (Å²) in [5.74, 6) is -0.0644. The number of hydrogen-bond donors (Lipinski definition) is 1. The summed E-state index contributed by atoms with van der Waals surface area (Å²) in [7, 11) is -7.10. The van der Waals surface area contributed by atoms with Gasteiger partial charge >= 0.3 is 0 Å². The van der Waals surface area contributed by atoms with Gasteiger partial charge in [-0.3, -0.25) is 0 Å². The van der Waals surface area contributed by atoms with E-state index in [1.165, 1.54) is 35.5 Å². The number of sulfonamides is 1. The van der Waals surface area contributed by atoms with E-state index in [-0.39, 0.29) is 40.5 Å². The highest BCUT2D eigenvalue weighted by atomic mass is 35.5. The Morgan fingerprint density at radius 2 is 1.86 bits per heavy atom. The maximum absolute atomic E-state index is 12.4. The second-order valence-electron chi connectivity index (χ2n) is 4.79. The normalized spacial score (nSPS) is 20.2. The molecule has 1 aromatic carbocycles. The molecule has 2 rings (SSSR count). The Morgan fingerprint density at radius 1 is 1.24 bits per heavy atom. The van der Waals surface area contributed by atoms with Crippen molar-refractivity contribution in [3.05, 3.63) is 24.3 Å². The van der Waals surface area contributed by atoms with E-state index in [1.807, 2.05) is 0 Å². The zero-order valence-electron chi connectivity index (χ0n) is 11.6. The molecule has 6 nitrogen and oxygen atoms in total. The van der Waals surface area contributed by atoms with Gasteiger partial charge in [-0.25, -0.2) is 16.8 Å². The van der Waals surface area contributed by atoms with Crippen LogP contribution in [0, 0.1) is 0 Å². The third-order valence-electron chi connectivity index (χ3n) is 3.37. The van der Waals surface area contributed by atoms with E-state index in [0.29, 0.717) is 13.0 Å². The molecule has 0 spiro atoms. The molecule has 0 saturated carbocycles. The molecule has 9 heteroatoms. The lowest BCUT2D eigenvalue weighted by Crippen LogP contribution is -2.32. The molecule has 2 N–H and O–H groups in total. The largest absolute Gasteiger partial charge is 0.326 e. The minimum absolute atomic E-state index is 0. The van der Waals surface area contributed by atoms with Gasteiger partial charge in [0.1, 0.15) is 0 Å². The first kappa shape index (κ1) is 18.4. The number of nitrogens with two attached hydrogens (primary N) is 1. The fourth-order valence-corrected chi connectivity index (χ4v) is 4.67. The van der Waals surface area contributed by atoms with Gasteiger partial charge in [-0.15, -0.1) is 12.4 Å². The molecule has 0 aliphatic carbocycles. The summed E-state index contributed by atoms with van der Waals surface area (Å²) < 4.78 is 49.8. The smallest absolute Gasteiger partial charge is 0.243 e. The molecule has 1 atom stereocenters.